The molecular formula is C11H19F3N2S. The fourth-order valence-corrected chi connectivity index (χ4v) is 3.66. The van der Waals surface area contributed by atoms with E-state index in [4.69, 9.17) is 5.73 Å². The van der Waals surface area contributed by atoms with Gasteiger partial charge in [-0.25, -0.2) is 0 Å². The summed E-state index contributed by atoms with van der Waals surface area (Å²) >= 11 is 0.0816. The summed E-state index contributed by atoms with van der Waals surface area (Å²) in [6, 6.07) is 0.258. The third-order valence-corrected chi connectivity index (χ3v) is 4.62. The SMILES string of the molecule is NC1CCCC2CN(CCSC(F)(F)F)CC12. The molecule has 1 heterocycles. The van der Waals surface area contributed by atoms with Crippen molar-refractivity contribution in [3.8, 4) is 0 Å². The van der Waals surface area contributed by atoms with Crippen molar-refractivity contribution in [3.63, 3.8) is 0 Å². The lowest BCUT2D eigenvalue weighted by molar-refractivity contribution is -0.0328. The first-order valence-corrected chi connectivity index (χ1v) is 7.13. The van der Waals surface area contributed by atoms with E-state index in [0.29, 0.717) is 18.4 Å². The Morgan fingerprint density at radius 2 is 2.00 bits per heavy atom. The second kappa shape index (κ2) is 5.36. The van der Waals surface area contributed by atoms with E-state index in [9.17, 15) is 13.2 Å². The summed E-state index contributed by atoms with van der Waals surface area (Å²) in [7, 11) is 0. The van der Waals surface area contributed by atoms with Crippen molar-refractivity contribution in [1.29, 1.82) is 0 Å². The largest absolute Gasteiger partial charge is 0.441 e. The second-order valence-corrected chi connectivity index (χ2v) is 6.23. The van der Waals surface area contributed by atoms with Gasteiger partial charge >= 0.3 is 5.51 Å². The maximum absolute atomic E-state index is 12.0. The maximum atomic E-state index is 12.0. The van der Waals surface area contributed by atoms with Crippen LogP contribution in [0.15, 0.2) is 0 Å². The van der Waals surface area contributed by atoms with Crippen LogP contribution in [0, 0.1) is 11.8 Å². The van der Waals surface area contributed by atoms with Gasteiger partial charge in [0.2, 0.25) is 0 Å². The van der Waals surface area contributed by atoms with E-state index in [1.807, 2.05) is 0 Å². The number of fused-ring (bicyclic) bond motifs is 1. The zero-order chi connectivity index (χ0) is 12.5. The molecule has 3 atom stereocenters. The van der Waals surface area contributed by atoms with Gasteiger partial charge in [-0.15, -0.1) is 0 Å². The van der Waals surface area contributed by atoms with Gasteiger partial charge in [0.05, 0.1) is 0 Å². The summed E-state index contributed by atoms with van der Waals surface area (Å²) in [4.78, 5) is 2.15. The van der Waals surface area contributed by atoms with Crippen LogP contribution in [0.4, 0.5) is 13.2 Å². The summed E-state index contributed by atoms with van der Waals surface area (Å²) in [5.74, 6) is 1.27. The molecule has 1 saturated carbocycles. The van der Waals surface area contributed by atoms with Crippen LogP contribution in [0.1, 0.15) is 19.3 Å². The molecule has 2 aliphatic rings. The number of likely N-dealkylation sites (tertiary alicyclic amines) is 1. The molecule has 0 aromatic carbocycles. The van der Waals surface area contributed by atoms with Crippen LogP contribution in [0.5, 0.6) is 0 Å². The van der Waals surface area contributed by atoms with Crippen LogP contribution in [0.2, 0.25) is 0 Å². The average Bonchev–Trinajstić information content (AvgIpc) is 2.60. The predicted octanol–water partition coefficient (Wildman–Crippen LogP) is 2.30. The highest BCUT2D eigenvalue weighted by molar-refractivity contribution is 8.00. The number of rotatable bonds is 3. The Labute approximate surface area is 104 Å². The third-order valence-electron chi connectivity index (χ3n) is 3.90. The van der Waals surface area contributed by atoms with Gasteiger partial charge in [0.15, 0.2) is 0 Å². The molecule has 100 valence electrons. The molecular weight excluding hydrogens is 249 g/mol. The van der Waals surface area contributed by atoms with Crippen LogP contribution in [-0.4, -0.2) is 41.8 Å². The summed E-state index contributed by atoms with van der Waals surface area (Å²) in [5, 5.41) is 0. The molecule has 17 heavy (non-hydrogen) atoms. The van der Waals surface area contributed by atoms with Gasteiger partial charge in [-0.05, 0) is 36.4 Å². The van der Waals surface area contributed by atoms with Crippen molar-refractivity contribution in [2.24, 2.45) is 17.6 Å². The smallest absolute Gasteiger partial charge is 0.327 e. The van der Waals surface area contributed by atoms with Crippen LogP contribution in [-0.2, 0) is 0 Å². The van der Waals surface area contributed by atoms with E-state index in [1.165, 1.54) is 12.8 Å². The minimum Gasteiger partial charge on any atom is -0.327 e. The molecule has 2 N–H and O–H groups in total. The predicted molar refractivity (Wildman–Crippen MR) is 63.8 cm³/mol. The molecule has 2 nitrogen and oxygen atoms in total. The maximum Gasteiger partial charge on any atom is 0.441 e. The molecule has 1 saturated heterocycles. The highest BCUT2D eigenvalue weighted by atomic mass is 32.2. The number of halogens is 3. The number of nitrogens with two attached hydrogens (primary N) is 1. The lowest BCUT2D eigenvalue weighted by atomic mass is 9.78. The number of alkyl halides is 3. The molecule has 2 fully saturated rings. The van der Waals surface area contributed by atoms with Crippen LogP contribution in [0.25, 0.3) is 0 Å². The molecule has 3 unspecified atom stereocenters. The van der Waals surface area contributed by atoms with Crippen LogP contribution < -0.4 is 5.73 Å². The average molecular weight is 268 g/mol. The summed E-state index contributed by atoms with van der Waals surface area (Å²) in [6.45, 7) is 2.37. The van der Waals surface area contributed by atoms with Gasteiger partial charge in [0.25, 0.3) is 0 Å². The highest BCUT2D eigenvalue weighted by Gasteiger charge is 2.38. The van der Waals surface area contributed by atoms with Crippen molar-refractivity contribution in [2.75, 3.05) is 25.4 Å². The highest BCUT2D eigenvalue weighted by Crippen LogP contribution is 2.36. The molecule has 0 radical (unpaired) electrons. The topological polar surface area (TPSA) is 29.3 Å². The minimum absolute atomic E-state index is 0.0816. The number of thioether (sulfide) groups is 1. The lowest BCUT2D eigenvalue weighted by Gasteiger charge is -2.29. The van der Waals surface area contributed by atoms with Gasteiger partial charge in [-0.2, -0.15) is 13.2 Å². The van der Waals surface area contributed by atoms with E-state index in [0.717, 1.165) is 19.5 Å². The van der Waals surface area contributed by atoms with Gasteiger partial charge in [0.1, 0.15) is 0 Å². The Hall–Kier alpha value is 0.0600. The van der Waals surface area contributed by atoms with E-state index in [-0.39, 0.29) is 23.6 Å². The first-order chi connectivity index (χ1) is 7.96. The third kappa shape index (κ3) is 3.76. The van der Waals surface area contributed by atoms with E-state index < -0.39 is 5.51 Å². The van der Waals surface area contributed by atoms with Crippen molar-refractivity contribution in [2.45, 2.75) is 30.8 Å². The Morgan fingerprint density at radius 3 is 2.65 bits per heavy atom. The number of nitrogens with zero attached hydrogens (tertiary/aromatic N) is 1. The molecule has 0 aromatic heterocycles. The van der Waals surface area contributed by atoms with Crippen LogP contribution in [0.3, 0.4) is 0 Å². The quantitative estimate of drug-likeness (QED) is 0.851. The zero-order valence-corrected chi connectivity index (χ0v) is 10.6. The normalized spacial score (nSPS) is 34.9. The standard InChI is InChI=1S/C11H19F3N2S/c12-11(13,14)17-5-4-16-6-8-2-1-3-10(15)9(8)7-16/h8-10H,1-7,15H2. The van der Waals surface area contributed by atoms with Gasteiger partial charge < -0.3 is 10.6 Å². The number of hydrogen-bond donors (Lipinski definition) is 1. The van der Waals surface area contributed by atoms with Crippen molar-refractivity contribution in [3.05, 3.63) is 0 Å². The number of hydrogen-bond acceptors (Lipinski definition) is 3. The lowest BCUT2D eigenvalue weighted by Crippen LogP contribution is -2.38. The fraction of sp³-hybridized carbons (Fsp3) is 1.00. The Kier molecular flexibility index (Phi) is 4.26. The van der Waals surface area contributed by atoms with Crippen LogP contribution >= 0.6 is 11.8 Å². The molecule has 0 bridgehead atoms. The molecule has 1 aliphatic carbocycles. The summed E-state index contributed by atoms with van der Waals surface area (Å²) in [5.41, 5.74) is 1.97. The van der Waals surface area contributed by atoms with E-state index in [1.54, 1.807) is 0 Å². The monoisotopic (exact) mass is 268 g/mol. The van der Waals surface area contributed by atoms with E-state index >= 15 is 0 Å². The second-order valence-electron chi connectivity index (χ2n) is 5.07. The summed E-state index contributed by atoms with van der Waals surface area (Å²) in [6.07, 6.45) is 3.45. The first-order valence-electron chi connectivity index (χ1n) is 6.14. The van der Waals surface area contributed by atoms with Crippen molar-refractivity contribution < 1.29 is 13.2 Å². The Morgan fingerprint density at radius 1 is 1.24 bits per heavy atom. The molecule has 6 heteroatoms. The fourth-order valence-electron chi connectivity index (χ4n) is 3.08. The minimum atomic E-state index is -4.09. The van der Waals surface area contributed by atoms with Gasteiger partial charge in [0, 0.05) is 31.4 Å². The first kappa shape index (κ1) is 13.5. The summed E-state index contributed by atoms with van der Waals surface area (Å²) < 4.78 is 36.0. The van der Waals surface area contributed by atoms with Crippen molar-refractivity contribution in [1.82, 2.24) is 4.90 Å². The van der Waals surface area contributed by atoms with Gasteiger partial charge in [-0.3, -0.25) is 0 Å². The molecule has 0 amide bonds. The molecule has 2 rings (SSSR count). The Balaban J connectivity index is 1.74. The van der Waals surface area contributed by atoms with E-state index in [2.05, 4.69) is 4.90 Å². The molecule has 0 spiro atoms. The molecule has 1 aliphatic heterocycles. The molecule has 0 aromatic rings. The zero-order valence-electron chi connectivity index (χ0n) is 9.75. The Bertz CT molecular complexity index is 260. The van der Waals surface area contributed by atoms with Crippen molar-refractivity contribution >= 4 is 11.8 Å². The van der Waals surface area contributed by atoms with Gasteiger partial charge in [-0.1, -0.05) is 6.42 Å².